The van der Waals surface area contributed by atoms with Crippen LogP contribution < -0.4 is 14.8 Å². The fourth-order valence-corrected chi connectivity index (χ4v) is 3.42. The Hall–Kier alpha value is -2.30. The molecule has 0 radical (unpaired) electrons. The number of ketones is 1. The van der Waals surface area contributed by atoms with E-state index in [-0.39, 0.29) is 18.3 Å². The number of amides is 1. The zero-order valence-electron chi connectivity index (χ0n) is 15.6. The Morgan fingerprint density at radius 1 is 1.31 bits per heavy atom. The highest BCUT2D eigenvalue weighted by Gasteiger charge is 2.32. The molecule has 0 aromatic heterocycles. The summed E-state index contributed by atoms with van der Waals surface area (Å²) in [5.41, 5.74) is 1.47. The molecule has 0 unspecified atom stereocenters. The Labute approximate surface area is 154 Å². The molecule has 1 aliphatic heterocycles. The SMILES string of the molecule is CC1(C)CC(=O)c2cc(OCC(=O)NCCC3=CCCCC3)ccc2O1. The molecule has 5 nitrogen and oxygen atoms in total. The number of carbonyl (C=O) groups excluding carboxylic acids is 2. The number of allylic oxidation sites excluding steroid dienone is 1. The smallest absolute Gasteiger partial charge is 0.257 e. The van der Waals surface area contributed by atoms with Crippen LogP contribution in [0.15, 0.2) is 29.8 Å². The van der Waals surface area contributed by atoms with Crippen molar-refractivity contribution in [1.82, 2.24) is 5.32 Å². The Kier molecular flexibility index (Phi) is 5.64. The average molecular weight is 357 g/mol. The van der Waals surface area contributed by atoms with E-state index < -0.39 is 5.60 Å². The number of fused-ring (bicyclic) bond motifs is 1. The lowest BCUT2D eigenvalue weighted by Gasteiger charge is -2.31. The minimum absolute atomic E-state index is 0.0342. The van der Waals surface area contributed by atoms with Crippen LogP contribution in [0.4, 0.5) is 0 Å². The maximum absolute atomic E-state index is 12.3. The number of nitrogens with one attached hydrogen (secondary N) is 1. The lowest BCUT2D eigenvalue weighted by molar-refractivity contribution is -0.123. The van der Waals surface area contributed by atoms with Crippen molar-refractivity contribution in [3.05, 3.63) is 35.4 Å². The second kappa shape index (κ2) is 7.94. The molecule has 3 rings (SSSR count). The Bertz CT molecular complexity index is 721. The van der Waals surface area contributed by atoms with E-state index in [9.17, 15) is 9.59 Å². The quantitative estimate of drug-likeness (QED) is 0.786. The van der Waals surface area contributed by atoms with E-state index in [1.807, 2.05) is 13.8 Å². The van der Waals surface area contributed by atoms with Crippen LogP contribution in [0, 0.1) is 0 Å². The molecule has 0 saturated carbocycles. The summed E-state index contributed by atoms with van der Waals surface area (Å²) >= 11 is 0. The zero-order valence-corrected chi connectivity index (χ0v) is 15.6. The van der Waals surface area contributed by atoms with Crippen molar-refractivity contribution < 1.29 is 19.1 Å². The second-order valence-electron chi connectivity index (χ2n) is 7.62. The third-order valence-corrected chi connectivity index (χ3v) is 4.75. The van der Waals surface area contributed by atoms with Crippen molar-refractivity contribution in [1.29, 1.82) is 0 Å². The molecule has 2 aliphatic rings. The zero-order chi connectivity index (χ0) is 18.6. The monoisotopic (exact) mass is 357 g/mol. The molecule has 0 bridgehead atoms. The molecule has 1 amide bonds. The number of benzene rings is 1. The molecule has 140 valence electrons. The van der Waals surface area contributed by atoms with Gasteiger partial charge in [-0.3, -0.25) is 9.59 Å². The summed E-state index contributed by atoms with van der Waals surface area (Å²) < 4.78 is 11.4. The average Bonchev–Trinajstić information content (AvgIpc) is 2.60. The number of rotatable bonds is 6. The number of carbonyl (C=O) groups is 2. The summed E-state index contributed by atoms with van der Waals surface area (Å²) in [4.78, 5) is 24.2. The summed E-state index contributed by atoms with van der Waals surface area (Å²) in [6.45, 7) is 4.37. The fourth-order valence-electron chi connectivity index (χ4n) is 3.42. The molecule has 1 N–H and O–H groups in total. The summed E-state index contributed by atoms with van der Waals surface area (Å²) in [6.07, 6.45) is 8.36. The van der Waals surface area contributed by atoms with Crippen LogP contribution in [0.2, 0.25) is 0 Å². The molecular weight excluding hydrogens is 330 g/mol. The van der Waals surface area contributed by atoms with E-state index in [0.29, 0.717) is 30.0 Å². The third kappa shape index (κ3) is 4.87. The maximum atomic E-state index is 12.3. The van der Waals surface area contributed by atoms with Gasteiger partial charge in [-0.05, 0) is 64.2 Å². The standard InChI is InChI=1S/C21H27NO4/c1-21(2)13-18(23)17-12-16(8-9-19(17)26-21)25-14-20(24)22-11-10-15-6-4-3-5-7-15/h6,8-9,12H,3-5,7,10-11,13-14H2,1-2H3,(H,22,24). The first-order chi connectivity index (χ1) is 12.4. The van der Waals surface area contributed by atoms with Crippen LogP contribution in [-0.4, -0.2) is 30.4 Å². The third-order valence-electron chi connectivity index (χ3n) is 4.75. The van der Waals surface area contributed by atoms with Crippen molar-refractivity contribution >= 4 is 11.7 Å². The minimum Gasteiger partial charge on any atom is -0.487 e. The molecule has 0 spiro atoms. The Morgan fingerprint density at radius 3 is 2.92 bits per heavy atom. The summed E-state index contributed by atoms with van der Waals surface area (Å²) in [5, 5.41) is 2.89. The van der Waals surface area contributed by atoms with Crippen molar-refractivity contribution in [2.45, 2.75) is 58.0 Å². The maximum Gasteiger partial charge on any atom is 0.257 e. The molecule has 5 heteroatoms. The normalized spacial score (nSPS) is 18.4. The molecular formula is C21H27NO4. The van der Waals surface area contributed by atoms with Crippen LogP contribution in [0.1, 0.15) is 62.7 Å². The van der Waals surface area contributed by atoms with Crippen LogP contribution in [0.3, 0.4) is 0 Å². The highest BCUT2D eigenvalue weighted by atomic mass is 16.5. The van der Waals surface area contributed by atoms with Crippen LogP contribution in [0.5, 0.6) is 11.5 Å². The molecule has 1 aromatic rings. The van der Waals surface area contributed by atoms with Gasteiger partial charge in [-0.1, -0.05) is 11.6 Å². The van der Waals surface area contributed by atoms with E-state index in [0.717, 1.165) is 19.3 Å². The van der Waals surface area contributed by atoms with Gasteiger partial charge in [0.2, 0.25) is 0 Å². The lowest BCUT2D eigenvalue weighted by atomic mass is 9.93. The van der Waals surface area contributed by atoms with Crippen LogP contribution in [-0.2, 0) is 4.79 Å². The highest BCUT2D eigenvalue weighted by molar-refractivity contribution is 6.00. The molecule has 1 aromatic carbocycles. The number of hydrogen-bond donors (Lipinski definition) is 1. The molecule has 1 heterocycles. The molecule has 0 saturated heterocycles. The number of Topliss-reactive ketones (excluding diaryl/α,β-unsaturated/α-hetero) is 1. The first-order valence-corrected chi connectivity index (χ1v) is 9.37. The highest BCUT2D eigenvalue weighted by Crippen LogP contribution is 2.35. The van der Waals surface area contributed by atoms with Gasteiger partial charge in [0.15, 0.2) is 12.4 Å². The topological polar surface area (TPSA) is 64.6 Å². The van der Waals surface area contributed by atoms with Crippen molar-refractivity contribution in [3.63, 3.8) is 0 Å². The van der Waals surface area contributed by atoms with E-state index in [1.165, 1.54) is 18.4 Å². The molecule has 26 heavy (non-hydrogen) atoms. The first-order valence-electron chi connectivity index (χ1n) is 9.37. The van der Waals surface area contributed by atoms with Gasteiger partial charge in [-0.2, -0.15) is 0 Å². The predicted octanol–water partition coefficient (Wildman–Crippen LogP) is 3.82. The van der Waals surface area contributed by atoms with E-state index in [1.54, 1.807) is 18.2 Å². The van der Waals surface area contributed by atoms with E-state index in [4.69, 9.17) is 9.47 Å². The summed E-state index contributed by atoms with van der Waals surface area (Å²) in [5.74, 6) is 0.962. The first kappa shape index (κ1) is 18.5. The second-order valence-corrected chi connectivity index (χ2v) is 7.62. The Morgan fingerprint density at radius 2 is 2.15 bits per heavy atom. The fraction of sp³-hybridized carbons (Fsp3) is 0.524. The van der Waals surface area contributed by atoms with Gasteiger partial charge in [0.1, 0.15) is 17.1 Å². The van der Waals surface area contributed by atoms with E-state index >= 15 is 0 Å². The van der Waals surface area contributed by atoms with Crippen molar-refractivity contribution in [2.24, 2.45) is 0 Å². The summed E-state index contributed by atoms with van der Waals surface area (Å²) in [7, 11) is 0. The van der Waals surface area contributed by atoms with Gasteiger partial charge < -0.3 is 14.8 Å². The number of hydrogen-bond acceptors (Lipinski definition) is 4. The van der Waals surface area contributed by atoms with Gasteiger partial charge in [0, 0.05) is 6.54 Å². The van der Waals surface area contributed by atoms with E-state index in [2.05, 4.69) is 11.4 Å². The molecule has 0 atom stereocenters. The van der Waals surface area contributed by atoms with Crippen molar-refractivity contribution in [2.75, 3.05) is 13.2 Å². The van der Waals surface area contributed by atoms with Gasteiger partial charge in [0.05, 0.1) is 12.0 Å². The summed E-state index contributed by atoms with van der Waals surface area (Å²) in [6, 6.07) is 5.12. The van der Waals surface area contributed by atoms with Gasteiger partial charge in [-0.25, -0.2) is 0 Å². The number of ether oxygens (including phenoxy) is 2. The van der Waals surface area contributed by atoms with Gasteiger partial charge in [-0.15, -0.1) is 0 Å². The van der Waals surface area contributed by atoms with Crippen molar-refractivity contribution in [3.8, 4) is 11.5 Å². The molecule has 0 fully saturated rings. The lowest BCUT2D eigenvalue weighted by Crippen LogP contribution is -2.35. The largest absolute Gasteiger partial charge is 0.487 e. The van der Waals surface area contributed by atoms with Crippen LogP contribution in [0.25, 0.3) is 0 Å². The Balaban J connectivity index is 1.47. The minimum atomic E-state index is -0.486. The molecule has 1 aliphatic carbocycles. The predicted molar refractivity (Wildman–Crippen MR) is 99.8 cm³/mol. The van der Waals surface area contributed by atoms with Gasteiger partial charge >= 0.3 is 0 Å². The van der Waals surface area contributed by atoms with Crippen LogP contribution >= 0.6 is 0 Å². The van der Waals surface area contributed by atoms with Gasteiger partial charge in [0.25, 0.3) is 5.91 Å².